The molecule has 0 aromatic carbocycles. The van der Waals surface area contributed by atoms with Crippen LogP contribution in [0.1, 0.15) is 182 Å². The van der Waals surface area contributed by atoms with Crippen LogP contribution in [0.3, 0.4) is 0 Å². The monoisotopic (exact) mass is 1170 g/mol. The van der Waals surface area contributed by atoms with Crippen molar-refractivity contribution in [1.29, 1.82) is 0 Å². The number of ether oxygens (including phenoxy) is 8. The summed E-state index contributed by atoms with van der Waals surface area (Å²) in [4.78, 5) is 123. The predicted octanol–water partition coefficient (Wildman–Crippen LogP) is 6.48. The minimum atomic E-state index is -1.18. The highest BCUT2D eigenvalue weighted by Gasteiger charge is 2.29. The number of aliphatic carboxylic acids is 1. The van der Waals surface area contributed by atoms with Crippen molar-refractivity contribution in [1.82, 2.24) is 10.6 Å². The van der Waals surface area contributed by atoms with E-state index in [1.165, 1.54) is 6.92 Å². The van der Waals surface area contributed by atoms with Crippen molar-refractivity contribution in [2.75, 3.05) is 66.6 Å². The average molecular weight is 1170 g/mol. The highest BCUT2D eigenvalue weighted by Crippen LogP contribution is 2.23. The number of nitrogens with two attached hydrogens (primary N) is 1. The number of nitrogens with one attached hydrogen (secondary N) is 2. The number of carboxylic acid groups (broad SMARTS) is 1. The smallest absolute Gasteiger partial charge is 0.333 e. The Hall–Kier alpha value is -6.17. The number of aliphatic hydroxyl groups is 1. The molecular weight excluding hydrogens is 1060 g/mol. The number of hydrogen-bond donors (Lipinski definition) is 5. The average Bonchev–Trinajstić information content (AvgIpc) is 3.42. The Bertz CT molecular complexity index is 1890. The minimum Gasteiger partial charge on any atom is -0.481 e. The Kier molecular flexibility index (Phi) is 48.0. The van der Waals surface area contributed by atoms with Gasteiger partial charge >= 0.3 is 47.8 Å². The number of primary amides is 1. The maximum atomic E-state index is 11.7. The number of esters is 7. The lowest BCUT2D eigenvalue weighted by Crippen LogP contribution is -2.41. The molecule has 0 spiro atoms. The van der Waals surface area contributed by atoms with Crippen LogP contribution < -0.4 is 16.4 Å². The molecular formula is C57H103N3O21. The molecule has 0 aliphatic rings. The fourth-order valence-corrected chi connectivity index (χ4v) is 4.09. The molecule has 0 aliphatic carbocycles. The van der Waals surface area contributed by atoms with Gasteiger partial charge in [-0.3, -0.25) is 47.9 Å². The molecule has 0 fully saturated rings. The quantitative estimate of drug-likeness (QED) is 0.0151. The summed E-state index contributed by atoms with van der Waals surface area (Å²) in [5.41, 5.74) is 3.40. The number of carbonyl (C=O) groups excluding carboxylic acids is 10. The molecule has 0 saturated carbocycles. The van der Waals surface area contributed by atoms with E-state index in [2.05, 4.69) is 17.2 Å². The van der Waals surface area contributed by atoms with Gasteiger partial charge in [0, 0.05) is 29.9 Å². The second-order valence-corrected chi connectivity index (χ2v) is 21.1. The Morgan fingerprint density at radius 3 is 1.09 bits per heavy atom. The molecule has 3 atom stereocenters. The molecule has 0 rings (SSSR count). The normalized spacial score (nSPS) is 11.9. The molecule has 0 radical (unpaired) electrons. The number of carboxylic acids is 1. The molecule has 3 unspecified atom stereocenters. The largest absolute Gasteiger partial charge is 0.481 e. The summed E-state index contributed by atoms with van der Waals surface area (Å²) < 4.78 is 38.7. The highest BCUT2D eigenvalue weighted by atomic mass is 16.6. The van der Waals surface area contributed by atoms with Crippen LogP contribution in [0.25, 0.3) is 0 Å². The van der Waals surface area contributed by atoms with E-state index < -0.39 is 46.8 Å². The first-order valence-corrected chi connectivity index (χ1v) is 27.4. The van der Waals surface area contributed by atoms with E-state index in [1.807, 2.05) is 83.1 Å². The maximum Gasteiger partial charge on any atom is 0.333 e. The van der Waals surface area contributed by atoms with E-state index in [4.69, 9.17) is 48.7 Å². The SMILES string of the molecule is C=C(C)C(=O)OCC(O)COC(=O)CCC(=O)OCCOC(=O)C(C)(C)CC.CCC(C)(C)C(=O)OCCOC.CCC(C)(C)C(=O)OCCOC(=O)CCC(=O)O.CCC(C)(C)C(N)=O.CCC(C)C(=O)NCNC(=O)C(C)CC. The van der Waals surface area contributed by atoms with Gasteiger partial charge in [0.05, 0.1) is 55.2 Å². The van der Waals surface area contributed by atoms with E-state index in [-0.39, 0.29) is 136 Å². The van der Waals surface area contributed by atoms with Crippen LogP contribution in [-0.4, -0.2) is 148 Å². The van der Waals surface area contributed by atoms with Gasteiger partial charge in [-0.1, -0.05) is 75.8 Å². The van der Waals surface area contributed by atoms with Crippen molar-refractivity contribution in [2.45, 2.75) is 188 Å². The zero-order chi connectivity index (χ0) is 64.2. The third-order valence-corrected chi connectivity index (χ3v) is 12.5. The Balaban J connectivity index is -0.000000316. The summed E-state index contributed by atoms with van der Waals surface area (Å²) in [6.45, 7) is 34.8. The van der Waals surface area contributed by atoms with Gasteiger partial charge in [0.25, 0.3) is 0 Å². The van der Waals surface area contributed by atoms with Crippen LogP contribution in [-0.2, 0) is 90.6 Å². The Morgan fingerprint density at radius 2 is 0.802 bits per heavy atom. The fraction of sp³-hybridized carbons (Fsp3) is 0.772. The summed E-state index contributed by atoms with van der Waals surface area (Å²) in [5.74, 6) is -4.77. The first-order chi connectivity index (χ1) is 37.4. The molecule has 81 heavy (non-hydrogen) atoms. The van der Waals surface area contributed by atoms with Gasteiger partial charge in [-0.05, 0) is 87.0 Å². The fourth-order valence-electron chi connectivity index (χ4n) is 4.09. The molecule has 0 heterocycles. The number of aliphatic hydroxyl groups excluding tert-OH is 1. The third-order valence-electron chi connectivity index (χ3n) is 12.5. The number of hydrogen-bond acceptors (Lipinski definition) is 20. The standard InChI is InChI=1S/C19H30O9.C12H20O6.C11H22N2O2.C9H18O3.C6H13NO/c1-6-19(4,5)18(24)26-10-9-25-15(21)7-8-16(22)27-11-14(20)12-28-17(23)13(2)3;1-4-12(2,3)11(16)18-8-7-17-10(15)6-5-9(13)14;1-5-8(3)10(14)12-7-13-11(15)9(4)6-2;1-5-9(2,3)8(10)12-7-6-11-4;1-4-6(2,3)5(7)8/h14,20H,2,6-12H2,1,3-5H3;4-8H2,1-3H3,(H,13,14);8-9H,5-7H2,1-4H3,(H,12,14)(H,13,15);5-7H2,1-4H3;4H2,1-3H3,(H2,7,8). The first-order valence-electron chi connectivity index (χ1n) is 27.4. The topological polar surface area (TPSA) is 352 Å². The zero-order valence-corrected chi connectivity index (χ0v) is 52.1. The second kappa shape index (κ2) is 46.4. The van der Waals surface area contributed by atoms with Gasteiger partial charge in [-0.2, -0.15) is 0 Å². The summed E-state index contributed by atoms with van der Waals surface area (Å²) in [6.07, 6.45) is 2.43. The molecule has 472 valence electrons. The van der Waals surface area contributed by atoms with Crippen LogP contribution in [0.2, 0.25) is 0 Å². The maximum absolute atomic E-state index is 11.7. The third kappa shape index (κ3) is 46.2. The molecule has 24 heteroatoms. The lowest BCUT2D eigenvalue weighted by molar-refractivity contribution is -0.160. The van der Waals surface area contributed by atoms with Crippen LogP contribution in [0.15, 0.2) is 12.2 Å². The van der Waals surface area contributed by atoms with Crippen molar-refractivity contribution in [3.8, 4) is 0 Å². The predicted molar refractivity (Wildman–Crippen MR) is 301 cm³/mol. The van der Waals surface area contributed by atoms with Crippen LogP contribution in [0, 0.1) is 33.5 Å². The second-order valence-electron chi connectivity index (χ2n) is 21.1. The summed E-state index contributed by atoms with van der Waals surface area (Å²) in [6, 6.07) is 0. The number of carbonyl (C=O) groups is 11. The summed E-state index contributed by atoms with van der Waals surface area (Å²) in [7, 11) is 1.58. The lowest BCUT2D eigenvalue weighted by atomic mass is 9.90. The van der Waals surface area contributed by atoms with Crippen molar-refractivity contribution in [3.63, 3.8) is 0 Å². The molecule has 0 aromatic heterocycles. The van der Waals surface area contributed by atoms with E-state index in [9.17, 15) is 57.8 Å². The van der Waals surface area contributed by atoms with E-state index >= 15 is 0 Å². The first kappa shape index (κ1) is 83.6. The van der Waals surface area contributed by atoms with Crippen LogP contribution in [0.5, 0.6) is 0 Å². The van der Waals surface area contributed by atoms with E-state index in [0.717, 1.165) is 25.7 Å². The number of amides is 3. The van der Waals surface area contributed by atoms with Gasteiger partial charge in [-0.25, -0.2) is 4.79 Å². The molecule has 6 N–H and O–H groups in total. The van der Waals surface area contributed by atoms with Gasteiger partial charge in [0.2, 0.25) is 17.7 Å². The van der Waals surface area contributed by atoms with E-state index in [1.54, 1.807) is 34.8 Å². The van der Waals surface area contributed by atoms with Crippen molar-refractivity contribution < 1.29 is 101 Å². The van der Waals surface area contributed by atoms with Gasteiger partial charge in [0.15, 0.2) is 0 Å². The summed E-state index contributed by atoms with van der Waals surface area (Å²) in [5, 5.41) is 23.2. The zero-order valence-electron chi connectivity index (χ0n) is 52.1. The number of methoxy groups -OCH3 is 1. The summed E-state index contributed by atoms with van der Waals surface area (Å²) >= 11 is 0. The van der Waals surface area contributed by atoms with Crippen LogP contribution >= 0.6 is 0 Å². The van der Waals surface area contributed by atoms with Crippen LogP contribution in [0.4, 0.5) is 0 Å². The lowest BCUT2D eigenvalue weighted by Gasteiger charge is -2.20. The molecule has 0 aromatic rings. The van der Waals surface area contributed by atoms with Crippen molar-refractivity contribution in [2.24, 2.45) is 39.2 Å². The molecule has 0 aliphatic heterocycles. The highest BCUT2D eigenvalue weighted by molar-refractivity contribution is 5.87. The van der Waals surface area contributed by atoms with Crippen molar-refractivity contribution >= 4 is 65.5 Å². The number of rotatable bonds is 34. The van der Waals surface area contributed by atoms with Gasteiger partial charge in [0.1, 0.15) is 52.4 Å². The Labute approximate surface area is 481 Å². The van der Waals surface area contributed by atoms with E-state index in [0.29, 0.717) is 26.1 Å². The van der Waals surface area contributed by atoms with Gasteiger partial charge < -0.3 is 64.5 Å². The van der Waals surface area contributed by atoms with Gasteiger partial charge in [-0.15, -0.1) is 0 Å². The van der Waals surface area contributed by atoms with Crippen molar-refractivity contribution in [3.05, 3.63) is 12.2 Å². The molecule has 0 saturated heterocycles. The molecule has 24 nitrogen and oxygen atoms in total. The molecule has 3 amide bonds. The Morgan fingerprint density at radius 1 is 0.494 bits per heavy atom. The molecule has 0 bridgehead atoms. The minimum absolute atomic E-state index is 0.00509.